The van der Waals surface area contributed by atoms with Crippen LogP contribution in [0.25, 0.3) is 0 Å². The average Bonchev–Trinajstić information content (AvgIpc) is 2.39. The van der Waals surface area contributed by atoms with E-state index in [4.69, 9.17) is 43.9 Å². The average molecular weight is 500 g/mol. The molecule has 168 valence electrons. The minimum absolute atomic E-state index is 1.24. The monoisotopic (exact) mass is 500 g/mol. The zero-order valence-corrected chi connectivity index (χ0v) is 16.7. The van der Waals surface area contributed by atoms with E-state index in [1.54, 1.807) is 0 Å². The first-order chi connectivity index (χ1) is 12.3. The molecule has 1 aliphatic heterocycles. The normalized spacial score (nSPS) is 30.4. The summed E-state index contributed by atoms with van der Waals surface area (Å²) in [7, 11) is -22.2. The Kier molecular flexibility index (Phi) is 8.71. The van der Waals surface area contributed by atoms with E-state index >= 15 is 0 Å². The van der Waals surface area contributed by atoms with Gasteiger partial charge >= 0.3 is 31.3 Å². The SMILES string of the molecule is O=P(O)(O)O[C@H]1O[C@H](CO)[C@@H](OP(=O)(O)O)[C@H](OP(=O)(O)O)[C@@H]1OP(=O)(O)O. The quantitative estimate of drug-likeness (QED) is 0.145. The van der Waals surface area contributed by atoms with E-state index in [0.717, 1.165) is 0 Å². The van der Waals surface area contributed by atoms with Crippen LogP contribution in [0.1, 0.15) is 0 Å². The van der Waals surface area contributed by atoms with E-state index in [-0.39, 0.29) is 0 Å². The minimum Gasteiger partial charge on any atom is -0.394 e. The van der Waals surface area contributed by atoms with Gasteiger partial charge in [-0.15, -0.1) is 0 Å². The molecule has 0 amide bonds. The fraction of sp³-hybridized carbons (Fsp3) is 1.00. The maximum atomic E-state index is 11.2. The number of aliphatic hydroxyl groups is 1. The van der Waals surface area contributed by atoms with Gasteiger partial charge in [0.25, 0.3) is 0 Å². The predicted molar refractivity (Wildman–Crippen MR) is 79.6 cm³/mol. The number of ether oxygens (including phenoxy) is 1. The standard InChI is InChI=1S/C6H16O18P4/c7-1-2-3(21-25(8,9)10)4(22-26(11,12)13)5(23-27(14,15)16)6(20-2)24-28(17,18)19/h2-7H,1H2,(H2,8,9,10)(H2,11,12,13)(H2,14,15,16)(H2,17,18,19)/t2-,3-,4+,5+,6-/m1/s1. The molecule has 22 heteroatoms. The Morgan fingerprint density at radius 1 is 0.607 bits per heavy atom. The molecule has 1 saturated heterocycles. The second-order valence-corrected chi connectivity index (χ2v) is 9.77. The summed E-state index contributed by atoms with van der Waals surface area (Å²) in [4.78, 5) is 71.4. The molecule has 0 unspecified atom stereocenters. The first-order valence-corrected chi connectivity index (χ1v) is 12.7. The van der Waals surface area contributed by atoms with Crippen LogP contribution in [0.3, 0.4) is 0 Å². The van der Waals surface area contributed by atoms with Gasteiger partial charge in [0.1, 0.15) is 18.3 Å². The van der Waals surface area contributed by atoms with E-state index in [9.17, 15) is 23.4 Å². The molecule has 0 radical (unpaired) electrons. The molecular formula is C6H16O18P4. The highest BCUT2D eigenvalue weighted by molar-refractivity contribution is 7.47. The molecular weight excluding hydrogens is 484 g/mol. The maximum absolute atomic E-state index is 11.2. The van der Waals surface area contributed by atoms with Crippen molar-refractivity contribution in [2.24, 2.45) is 0 Å². The van der Waals surface area contributed by atoms with Crippen molar-refractivity contribution in [2.45, 2.75) is 30.7 Å². The summed E-state index contributed by atoms with van der Waals surface area (Å²) in [5, 5.41) is 9.26. The Labute approximate surface area is 154 Å². The third-order valence-electron chi connectivity index (χ3n) is 2.79. The highest BCUT2D eigenvalue weighted by Crippen LogP contribution is 2.52. The molecule has 0 aromatic carbocycles. The van der Waals surface area contributed by atoms with Crippen molar-refractivity contribution in [3.8, 4) is 0 Å². The van der Waals surface area contributed by atoms with Crippen molar-refractivity contribution in [1.29, 1.82) is 0 Å². The third-order valence-corrected chi connectivity index (χ3v) is 4.83. The summed E-state index contributed by atoms with van der Waals surface area (Å²) in [6, 6.07) is 0. The fourth-order valence-electron chi connectivity index (χ4n) is 2.08. The van der Waals surface area contributed by atoms with Gasteiger partial charge in [0.2, 0.25) is 0 Å². The Morgan fingerprint density at radius 2 is 0.964 bits per heavy atom. The molecule has 0 spiro atoms. The van der Waals surface area contributed by atoms with Crippen molar-refractivity contribution >= 4 is 31.3 Å². The molecule has 5 atom stereocenters. The van der Waals surface area contributed by atoms with Crippen LogP contribution in [0.4, 0.5) is 0 Å². The van der Waals surface area contributed by atoms with Crippen molar-refractivity contribution in [2.75, 3.05) is 6.61 Å². The van der Waals surface area contributed by atoms with Gasteiger partial charge in [-0.25, -0.2) is 18.3 Å². The number of hydrogen-bond acceptors (Lipinski definition) is 10. The van der Waals surface area contributed by atoms with E-state index in [1.165, 1.54) is 0 Å². The summed E-state index contributed by atoms with van der Waals surface area (Å²) in [6.07, 6.45) is -12.1. The zero-order valence-electron chi connectivity index (χ0n) is 13.1. The molecule has 1 heterocycles. The lowest BCUT2D eigenvalue weighted by molar-refractivity contribution is -0.271. The lowest BCUT2D eigenvalue weighted by atomic mass is 9.99. The van der Waals surface area contributed by atoms with Crippen LogP contribution in [0.5, 0.6) is 0 Å². The number of phosphoric acid groups is 4. The van der Waals surface area contributed by atoms with Gasteiger partial charge in [0.15, 0.2) is 12.4 Å². The van der Waals surface area contributed by atoms with Crippen molar-refractivity contribution in [1.82, 2.24) is 0 Å². The van der Waals surface area contributed by atoms with Crippen LogP contribution in [-0.2, 0) is 41.1 Å². The minimum atomic E-state index is -5.61. The molecule has 1 fully saturated rings. The molecule has 9 N–H and O–H groups in total. The highest BCUT2D eigenvalue weighted by Gasteiger charge is 2.55. The number of rotatable bonds is 9. The van der Waals surface area contributed by atoms with Crippen LogP contribution in [-0.4, -0.2) is 81.6 Å². The van der Waals surface area contributed by atoms with Crippen molar-refractivity contribution < 1.29 is 85.3 Å². The van der Waals surface area contributed by atoms with E-state index < -0.39 is 68.6 Å². The van der Waals surface area contributed by atoms with Gasteiger partial charge in [-0.05, 0) is 0 Å². The molecule has 0 bridgehead atoms. The van der Waals surface area contributed by atoms with Crippen LogP contribution < -0.4 is 0 Å². The topological polar surface area (TPSA) is 296 Å². The van der Waals surface area contributed by atoms with Gasteiger partial charge in [0, 0.05) is 0 Å². The fourth-order valence-corrected chi connectivity index (χ4v) is 4.19. The van der Waals surface area contributed by atoms with E-state index in [1.807, 2.05) is 0 Å². The van der Waals surface area contributed by atoms with Crippen LogP contribution in [0.15, 0.2) is 0 Å². The number of hydrogen-bond donors (Lipinski definition) is 9. The Bertz CT molecular complexity index is 712. The second kappa shape index (κ2) is 9.24. The highest BCUT2D eigenvalue weighted by atomic mass is 31.2. The Balaban J connectivity index is 3.48. The molecule has 0 aromatic heterocycles. The van der Waals surface area contributed by atoms with Crippen LogP contribution in [0, 0.1) is 0 Å². The number of phosphoric ester groups is 4. The molecule has 0 saturated carbocycles. The lowest BCUT2D eigenvalue weighted by Crippen LogP contribution is -2.60. The summed E-state index contributed by atoms with van der Waals surface area (Å²) in [6.45, 7) is -1.24. The van der Waals surface area contributed by atoms with Gasteiger partial charge in [-0.1, -0.05) is 0 Å². The van der Waals surface area contributed by atoms with E-state index in [2.05, 4.69) is 18.1 Å². The zero-order chi connectivity index (χ0) is 22.1. The second-order valence-electron chi connectivity index (χ2n) is 5.00. The maximum Gasteiger partial charge on any atom is 0.472 e. The van der Waals surface area contributed by atoms with Crippen molar-refractivity contribution in [3.05, 3.63) is 0 Å². The first-order valence-electron chi connectivity index (χ1n) is 6.53. The summed E-state index contributed by atoms with van der Waals surface area (Å²) in [5.41, 5.74) is 0. The van der Waals surface area contributed by atoms with Gasteiger partial charge in [-0.2, -0.15) is 0 Å². The summed E-state index contributed by atoms with van der Waals surface area (Å²) >= 11 is 0. The van der Waals surface area contributed by atoms with Crippen LogP contribution >= 0.6 is 31.3 Å². The molecule has 1 aliphatic rings. The van der Waals surface area contributed by atoms with Crippen molar-refractivity contribution in [3.63, 3.8) is 0 Å². The third kappa shape index (κ3) is 9.45. The van der Waals surface area contributed by atoms with Gasteiger partial charge < -0.3 is 49.0 Å². The van der Waals surface area contributed by atoms with Gasteiger partial charge in [0.05, 0.1) is 6.61 Å². The number of aliphatic hydroxyl groups excluding tert-OH is 1. The molecule has 0 aromatic rings. The smallest absolute Gasteiger partial charge is 0.394 e. The molecule has 1 rings (SSSR count). The summed E-state index contributed by atoms with van der Waals surface area (Å²) in [5.74, 6) is 0. The molecule has 0 aliphatic carbocycles. The molecule has 28 heavy (non-hydrogen) atoms. The van der Waals surface area contributed by atoms with Crippen LogP contribution in [0.2, 0.25) is 0 Å². The predicted octanol–water partition coefficient (Wildman–Crippen LogP) is -2.75. The van der Waals surface area contributed by atoms with Gasteiger partial charge in [-0.3, -0.25) is 18.1 Å². The van der Waals surface area contributed by atoms with E-state index in [0.29, 0.717) is 0 Å². The lowest BCUT2D eigenvalue weighted by Gasteiger charge is -2.44. The molecule has 18 nitrogen and oxygen atoms in total. The first kappa shape index (κ1) is 26.4. The largest absolute Gasteiger partial charge is 0.472 e. The Hall–Kier alpha value is 0.360. The Morgan fingerprint density at radius 3 is 1.32 bits per heavy atom. The summed E-state index contributed by atoms with van der Waals surface area (Å²) < 4.78 is 65.8.